The molecule has 0 aliphatic carbocycles. The molecule has 5 nitrogen and oxygen atoms in total. The Bertz CT molecular complexity index is 179. The number of carbonyl (C=O) groups excluding carboxylic acids is 1. The van der Waals surface area contributed by atoms with Gasteiger partial charge in [0.2, 0.25) is 0 Å². The van der Waals surface area contributed by atoms with Gasteiger partial charge in [-0.3, -0.25) is 0 Å². The van der Waals surface area contributed by atoms with E-state index in [1.807, 2.05) is 0 Å². The fourth-order valence-electron chi connectivity index (χ4n) is 1.55. The lowest BCUT2D eigenvalue weighted by Gasteiger charge is -2.22. The van der Waals surface area contributed by atoms with Crippen molar-refractivity contribution in [3.8, 4) is 0 Å². The molecule has 1 aliphatic heterocycles. The summed E-state index contributed by atoms with van der Waals surface area (Å²) in [7, 11) is 6.19. The van der Waals surface area contributed by atoms with Crippen LogP contribution in [0.15, 0.2) is 0 Å². The van der Waals surface area contributed by atoms with Crippen LogP contribution in [0.4, 0.5) is 4.79 Å². The molecule has 0 aromatic heterocycles. The van der Waals surface area contributed by atoms with Gasteiger partial charge in [0.25, 0.3) is 0 Å². The van der Waals surface area contributed by atoms with Crippen molar-refractivity contribution in [2.45, 2.75) is 18.9 Å². The van der Waals surface area contributed by atoms with Crippen LogP contribution in [0.2, 0.25) is 0 Å². The predicted octanol–water partition coefficient (Wildman–Crippen LogP) is -0.178. The Kier molecular flexibility index (Phi) is 4.04. The average molecular weight is 184 g/mol. The first kappa shape index (κ1) is 10.3. The normalized spacial score (nSPS) is 21.9. The second-order valence-electron chi connectivity index (χ2n) is 2.93. The van der Waals surface area contributed by atoms with Gasteiger partial charge in [-0.2, -0.15) is 0 Å². The molecule has 1 N–H and O–H groups in total. The van der Waals surface area contributed by atoms with E-state index in [0.717, 1.165) is 19.4 Å². The van der Waals surface area contributed by atoms with Gasteiger partial charge >= 0.3 is 14.1 Å². The number of ether oxygens (including phenoxy) is 1. The highest BCUT2D eigenvalue weighted by Gasteiger charge is 2.28. The minimum absolute atomic E-state index is 0.121. The number of nitrogens with one attached hydrogen (secondary N) is 1. The van der Waals surface area contributed by atoms with Crippen molar-refractivity contribution in [3.63, 3.8) is 0 Å². The Morgan fingerprint density at radius 3 is 3.15 bits per heavy atom. The highest BCUT2D eigenvalue weighted by Crippen LogP contribution is 2.17. The number of hydrogen-bond donors (Lipinski definition) is 1. The Morgan fingerprint density at radius 1 is 1.77 bits per heavy atom. The Hall–Kier alpha value is -0.745. The summed E-state index contributed by atoms with van der Waals surface area (Å²) in [6, 6.07) is 0.121. The van der Waals surface area contributed by atoms with Crippen molar-refractivity contribution in [1.82, 2.24) is 10.4 Å². The van der Waals surface area contributed by atoms with Crippen molar-refractivity contribution in [2.24, 2.45) is 0 Å². The fourth-order valence-corrected chi connectivity index (χ4v) is 1.55. The average Bonchev–Trinajstić information content (AvgIpc) is 2.61. The summed E-state index contributed by atoms with van der Waals surface area (Å²) in [5, 5.41) is 0. The smallest absolute Gasteiger partial charge is 0.409 e. The van der Waals surface area contributed by atoms with Crippen molar-refractivity contribution in [3.05, 3.63) is 0 Å². The lowest BCUT2D eigenvalue weighted by atomic mass is 10.2. The number of likely N-dealkylation sites (tertiary alicyclic amines) is 1. The molecule has 0 aromatic carbocycles. The van der Waals surface area contributed by atoms with Crippen molar-refractivity contribution in [2.75, 3.05) is 20.2 Å². The quantitative estimate of drug-likeness (QED) is 0.488. The van der Waals surface area contributed by atoms with Gasteiger partial charge in [-0.05, 0) is 12.8 Å². The lowest BCUT2D eigenvalue weighted by molar-refractivity contribution is 0.108. The van der Waals surface area contributed by atoms with E-state index in [4.69, 9.17) is 8.05 Å². The fraction of sp³-hybridized carbons (Fsp3) is 0.857. The summed E-state index contributed by atoms with van der Waals surface area (Å²) in [4.78, 5) is 12.9. The highest BCUT2D eigenvalue weighted by atomic mass is 16.6. The van der Waals surface area contributed by atoms with Crippen molar-refractivity contribution < 1.29 is 14.3 Å². The minimum Gasteiger partial charge on any atom is -0.453 e. The molecule has 0 spiro atoms. The molecule has 1 atom stereocenters. The van der Waals surface area contributed by atoms with Crippen molar-refractivity contribution in [1.29, 1.82) is 0 Å². The van der Waals surface area contributed by atoms with Gasteiger partial charge in [0.1, 0.15) is 0 Å². The third-order valence-corrected chi connectivity index (χ3v) is 2.19. The minimum atomic E-state index is -0.290. The number of carbonyl (C=O) groups is 1. The molecule has 1 rings (SSSR count). The second kappa shape index (κ2) is 5.09. The molecule has 1 unspecified atom stereocenters. The molecule has 1 fully saturated rings. The molecule has 2 radical (unpaired) electrons. The summed E-state index contributed by atoms with van der Waals surface area (Å²) in [5.41, 5.74) is 2.53. The second-order valence-corrected chi connectivity index (χ2v) is 2.93. The summed E-state index contributed by atoms with van der Waals surface area (Å²) < 4.78 is 8.87. The van der Waals surface area contributed by atoms with Gasteiger partial charge in [-0.1, -0.05) is 0 Å². The third kappa shape index (κ3) is 2.60. The highest BCUT2D eigenvalue weighted by molar-refractivity contribution is 5.97. The van der Waals surface area contributed by atoms with Crippen molar-refractivity contribution >= 4 is 14.1 Å². The monoisotopic (exact) mass is 184 g/mol. The molecule has 1 amide bonds. The van der Waals surface area contributed by atoms with Gasteiger partial charge in [0, 0.05) is 19.1 Å². The molecule has 1 saturated heterocycles. The zero-order chi connectivity index (χ0) is 9.68. The van der Waals surface area contributed by atoms with Gasteiger partial charge in [-0.15, -0.1) is 0 Å². The van der Waals surface area contributed by atoms with E-state index < -0.39 is 0 Å². The molecule has 13 heavy (non-hydrogen) atoms. The molecule has 1 heterocycles. The molecular formula is C7H13BN2O3. The number of methoxy groups -OCH3 is 1. The van der Waals surface area contributed by atoms with Gasteiger partial charge < -0.3 is 14.4 Å². The van der Waals surface area contributed by atoms with E-state index in [-0.39, 0.29) is 12.1 Å². The number of rotatable bonds is 3. The molecular weight excluding hydrogens is 171 g/mol. The number of hydroxylamine groups is 1. The van der Waals surface area contributed by atoms with E-state index in [2.05, 4.69) is 15.0 Å². The van der Waals surface area contributed by atoms with Crippen LogP contribution in [0.25, 0.3) is 0 Å². The molecule has 0 saturated carbocycles. The topological polar surface area (TPSA) is 50.8 Å². The van der Waals surface area contributed by atoms with E-state index in [9.17, 15) is 4.79 Å². The first-order valence-corrected chi connectivity index (χ1v) is 4.22. The SMILES string of the molecule is [B]ONCC1CCCN1C(=O)OC. The number of amides is 1. The summed E-state index contributed by atoms with van der Waals surface area (Å²) in [6.07, 6.45) is 1.65. The van der Waals surface area contributed by atoms with Crippen LogP contribution >= 0.6 is 0 Å². The first-order valence-electron chi connectivity index (χ1n) is 4.22. The van der Waals surface area contributed by atoms with Crippen LogP contribution in [0.1, 0.15) is 12.8 Å². The largest absolute Gasteiger partial charge is 0.453 e. The van der Waals surface area contributed by atoms with E-state index in [1.165, 1.54) is 7.11 Å². The van der Waals surface area contributed by atoms with Crippen LogP contribution in [0, 0.1) is 0 Å². The molecule has 1 aliphatic rings. The van der Waals surface area contributed by atoms with Gasteiger partial charge in [-0.25, -0.2) is 10.3 Å². The number of nitrogens with zero attached hydrogens (tertiary/aromatic N) is 1. The van der Waals surface area contributed by atoms with Gasteiger partial charge in [0.05, 0.1) is 7.11 Å². The molecule has 6 heteroatoms. The standard InChI is InChI=1S/C7H13BN2O3/c1-12-7(11)10-4-2-3-6(10)5-9-13-8/h6,9H,2-5H2,1H3. The maximum Gasteiger partial charge on any atom is 0.409 e. The van der Waals surface area contributed by atoms with Crippen LogP contribution in [-0.2, 0) is 9.49 Å². The summed E-state index contributed by atoms with van der Waals surface area (Å²) in [6.45, 7) is 1.27. The molecule has 0 aromatic rings. The van der Waals surface area contributed by atoms with E-state index in [1.54, 1.807) is 4.90 Å². The Morgan fingerprint density at radius 2 is 2.54 bits per heavy atom. The molecule has 72 valence electrons. The van der Waals surface area contributed by atoms with E-state index >= 15 is 0 Å². The first-order chi connectivity index (χ1) is 6.29. The number of hydrogen-bond acceptors (Lipinski definition) is 4. The summed E-state index contributed by atoms with van der Waals surface area (Å²) >= 11 is 0. The third-order valence-electron chi connectivity index (χ3n) is 2.19. The zero-order valence-corrected chi connectivity index (χ0v) is 7.66. The van der Waals surface area contributed by atoms with Crippen LogP contribution < -0.4 is 5.48 Å². The zero-order valence-electron chi connectivity index (χ0n) is 7.66. The maximum absolute atomic E-state index is 11.2. The molecule has 0 bridgehead atoms. The van der Waals surface area contributed by atoms with Crippen LogP contribution in [-0.4, -0.2) is 45.3 Å². The van der Waals surface area contributed by atoms with Crippen LogP contribution in [0.5, 0.6) is 0 Å². The van der Waals surface area contributed by atoms with E-state index in [0.29, 0.717) is 6.54 Å². The predicted molar refractivity (Wildman–Crippen MR) is 47.0 cm³/mol. The Labute approximate surface area is 78.8 Å². The Balaban J connectivity index is 2.39. The maximum atomic E-state index is 11.2. The summed E-state index contributed by atoms with van der Waals surface area (Å²) in [5.74, 6) is 0. The van der Waals surface area contributed by atoms with Gasteiger partial charge in [0.15, 0.2) is 0 Å². The van der Waals surface area contributed by atoms with Crippen LogP contribution in [0.3, 0.4) is 0 Å². The lowest BCUT2D eigenvalue weighted by Crippen LogP contribution is -2.41.